The van der Waals surface area contributed by atoms with Crippen LogP contribution in [0.3, 0.4) is 0 Å². The second-order valence-electron chi connectivity index (χ2n) is 12.9. The second kappa shape index (κ2) is 14.8. The van der Waals surface area contributed by atoms with Gasteiger partial charge < -0.3 is 30.0 Å². The van der Waals surface area contributed by atoms with Crippen LogP contribution >= 0.6 is 0 Å². The summed E-state index contributed by atoms with van der Waals surface area (Å²) in [5.41, 5.74) is 5.88. The summed E-state index contributed by atoms with van der Waals surface area (Å²) in [4.78, 5) is 40.4. The number of nitrogens with one attached hydrogen (secondary N) is 3. The number of alkyl carbamates (subject to hydrolysis) is 1. The van der Waals surface area contributed by atoms with Crippen LogP contribution in [0, 0.1) is 20.8 Å². The first-order chi connectivity index (χ1) is 22.5. The van der Waals surface area contributed by atoms with Crippen molar-refractivity contribution in [3.05, 3.63) is 89.1 Å². The highest BCUT2D eigenvalue weighted by Gasteiger charge is 2.28. The summed E-state index contributed by atoms with van der Waals surface area (Å²) in [6.45, 7) is 13.4. The maximum Gasteiger partial charge on any atom is 0.408 e. The largest absolute Gasteiger partial charge is 0.458 e. The molecule has 4 heterocycles. The Kier molecular flexibility index (Phi) is 10.6. The highest BCUT2D eigenvalue weighted by atomic mass is 16.6. The molecule has 248 valence electrons. The van der Waals surface area contributed by atoms with Crippen LogP contribution in [-0.2, 0) is 20.9 Å². The van der Waals surface area contributed by atoms with Gasteiger partial charge in [0, 0.05) is 35.0 Å². The summed E-state index contributed by atoms with van der Waals surface area (Å²) in [7, 11) is 0. The number of hydrogen-bond donors (Lipinski definition) is 3. The lowest BCUT2D eigenvalue weighted by atomic mass is 9.89. The van der Waals surface area contributed by atoms with Crippen molar-refractivity contribution in [2.24, 2.45) is 0 Å². The van der Waals surface area contributed by atoms with E-state index < -0.39 is 23.7 Å². The predicted octanol–water partition coefficient (Wildman–Crippen LogP) is 5.77. The SMILES string of the molecule is Cc1c(NCC(NC(=O)OCc2ccccc2)C(=O)OC(C)(C)C)ncnc1-c1ccc(-n2c(C)ccc2C)nc1C1CCNCC1. The number of carbonyl (C=O) groups excluding carboxylic acids is 2. The zero-order valence-corrected chi connectivity index (χ0v) is 28.1. The average molecular weight is 640 g/mol. The van der Waals surface area contributed by atoms with Gasteiger partial charge in [0.2, 0.25) is 0 Å². The number of aromatic nitrogens is 4. The Morgan fingerprint density at radius 3 is 2.36 bits per heavy atom. The van der Waals surface area contributed by atoms with Crippen LogP contribution in [0.15, 0.2) is 60.9 Å². The van der Waals surface area contributed by atoms with E-state index in [0.29, 0.717) is 5.82 Å². The molecular formula is C36H45N7O4. The van der Waals surface area contributed by atoms with Crippen LogP contribution in [-0.4, -0.2) is 62.9 Å². The third kappa shape index (κ3) is 8.53. The van der Waals surface area contributed by atoms with Crippen molar-refractivity contribution in [2.75, 3.05) is 25.0 Å². The van der Waals surface area contributed by atoms with Gasteiger partial charge in [-0.25, -0.2) is 24.5 Å². The van der Waals surface area contributed by atoms with Crippen LogP contribution < -0.4 is 16.0 Å². The van der Waals surface area contributed by atoms with E-state index >= 15 is 0 Å². The quantitative estimate of drug-likeness (QED) is 0.185. The minimum Gasteiger partial charge on any atom is -0.458 e. The molecule has 0 spiro atoms. The van der Waals surface area contributed by atoms with Crippen molar-refractivity contribution in [1.29, 1.82) is 0 Å². The molecule has 1 aromatic carbocycles. The predicted molar refractivity (Wildman–Crippen MR) is 182 cm³/mol. The van der Waals surface area contributed by atoms with Gasteiger partial charge in [0.15, 0.2) is 0 Å². The van der Waals surface area contributed by atoms with Gasteiger partial charge in [-0.15, -0.1) is 0 Å². The van der Waals surface area contributed by atoms with Gasteiger partial charge in [0.05, 0.1) is 11.4 Å². The Morgan fingerprint density at radius 2 is 1.68 bits per heavy atom. The Morgan fingerprint density at radius 1 is 0.979 bits per heavy atom. The highest BCUT2D eigenvalue weighted by molar-refractivity contribution is 5.82. The molecule has 1 aliphatic rings. The number of anilines is 1. The molecule has 1 saturated heterocycles. The summed E-state index contributed by atoms with van der Waals surface area (Å²) < 4.78 is 13.2. The van der Waals surface area contributed by atoms with Crippen molar-refractivity contribution in [2.45, 2.75) is 78.6 Å². The van der Waals surface area contributed by atoms with Crippen LogP contribution in [0.25, 0.3) is 17.1 Å². The average Bonchev–Trinajstić information content (AvgIpc) is 3.39. The Hall–Kier alpha value is -4.77. The third-order valence-electron chi connectivity index (χ3n) is 8.15. The molecule has 0 radical (unpaired) electrons. The molecule has 47 heavy (non-hydrogen) atoms. The van der Waals surface area contributed by atoms with E-state index in [-0.39, 0.29) is 19.1 Å². The topological polar surface area (TPSA) is 132 Å². The van der Waals surface area contributed by atoms with E-state index in [1.165, 1.54) is 6.33 Å². The normalized spacial score (nSPS) is 14.3. The van der Waals surface area contributed by atoms with Gasteiger partial charge in [-0.2, -0.15) is 0 Å². The van der Waals surface area contributed by atoms with E-state index in [1.807, 2.05) is 43.3 Å². The molecule has 11 nitrogen and oxygen atoms in total. The van der Waals surface area contributed by atoms with Crippen LogP contribution in [0.1, 0.15) is 67.7 Å². The number of esters is 1. The van der Waals surface area contributed by atoms with E-state index in [0.717, 1.165) is 71.2 Å². The first-order valence-electron chi connectivity index (χ1n) is 16.1. The maximum absolute atomic E-state index is 13.2. The second-order valence-corrected chi connectivity index (χ2v) is 12.9. The number of piperidine rings is 1. The van der Waals surface area contributed by atoms with Crippen molar-refractivity contribution < 1.29 is 19.1 Å². The van der Waals surface area contributed by atoms with Crippen LogP contribution in [0.4, 0.5) is 10.6 Å². The van der Waals surface area contributed by atoms with Gasteiger partial charge in [0.25, 0.3) is 0 Å². The summed E-state index contributed by atoms with van der Waals surface area (Å²) in [5.74, 6) is 1.12. The van der Waals surface area contributed by atoms with Gasteiger partial charge >= 0.3 is 12.1 Å². The van der Waals surface area contributed by atoms with E-state index in [1.54, 1.807) is 20.8 Å². The van der Waals surface area contributed by atoms with Gasteiger partial charge in [-0.05, 0) is 97.3 Å². The minimum absolute atomic E-state index is 0.0250. The molecule has 3 N–H and O–H groups in total. The number of amides is 1. The van der Waals surface area contributed by atoms with Crippen LogP contribution in [0.2, 0.25) is 0 Å². The van der Waals surface area contributed by atoms with Gasteiger partial charge in [-0.3, -0.25) is 0 Å². The number of nitrogens with zero attached hydrogens (tertiary/aromatic N) is 4. The van der Waals surface area contributed by atoms with Crippen molar-refractivity contribution >= 4 is 17.9 Å². The molecule has 1 atom stereocenters. The number of carbonyl (C=O) groups is 2. The lowest BCUT2D eigenvalue weighted by Crippen LogP contribution is -2.48. The molecule has 0 aliphatic carbocycles. The van der Waals surface area contributed by atoms with Crippen molar-refractivity contribution in [3.8, 4) is 17.1 Å². The monoisotopic (exact) mass is 639 g/mol. The summed E-state index contributed by atoms with van der Waals surface area (Å²) >= 11 is 0. The lowest BCUT2D eigenvalue weighted by Gasteiger charge is -2.26. The maximum atomic E-state index is 13.2. The fourth-order valence-corrected chi connectivity index (χ4v) is 5.80. The molecule has 1 aliphatic heterocycles. The van der Waals surface area contributed by atoms with E-state index in [2.05, 4.69) is 57.5 Å². The minimum atomic E-state index is -1.03. The zero-order valence-electron chi connectivity index (χ0n) is 28.1. The Labute approximate surface area is 276 Å². The number of ether oxygens (including phenoxy) is 2. The third-order valence-corrected chi connectivity index (χ3v) is 8.15. The standard InChI is InChI=1S/C36H45N7O4/c1-23-12-13-24(2)43(23)30-15-14-28(32(42-30)27-16-18-37-19-17-27)31-25(3)33(40-22-39-31)38-20-29(34(44)47-36(4,5)6)41-35(45)46-21-26-10-8-7-9-11-26/h7-15,22,27,29,37H,16-21H2,1-6H3,(H,41,45)(H,38,39,40). The molecule has 4 aromatic rings. The smallest absolute Gasteiger partial charge is 0.408 e. The number of benzene rings is 1. The zero-order chi connectivity index (χ0) is 33.6. The summed E-state index contributed by atoms with van der Waals surface area (Å²) in [5, 5.41) is 9.39. The molecule has 0 bridgehead atoms. The molecular weight excluding hydrogens is 594 g/mol. The fourth-order valence-electron chi connectivity index (χ4n) is 5.80. The van der Waals surface area contributed by atoms with E-state index in [9.17, 15) is 9.59 Å². The number of aryl methyl sites for hydroxylation is 2. The number of rotatable bonds is 10. The molecule has 3 aromatic heterocycles. The Bertz CT molecular complexity index is 1670. The molecule has 0 saturated carbocycles. The fraction of sp³-hybridized carbons (Fsp3) is 0.417. The molecule has 1 unspecified atom stereocenters. The van der Waals surface area contributed by atoms with Gasteiger partial charge in [-0.1, -0.05) is 30.3 Å². The molecule has 1 amide bonds. The summed E-state index contributed by atoms with van der Waals surface area (Å²) in [6, 6.07) is 16.7. The first kappa shape index (κ1) is 33.6. The number of pyridine rings is 1. The Balaban J connectivity index is 1.39. The van der Waals surface area contributed by atoms with Gasteiger partial charge in [0.1, 0.15) is 36.2 Å². The first-order valence-corrected chi connectivity index (χ1v) is 16.1. The molecule has 1 fully saturated rings. The molecule has 5 rings (SSSR count). The molecule has 11 heteroatoms. The highest BCUT2D eigenvalue weighted by Crippen LogP contribution is 2.35. The van der Waals surface area contributed by atoms with Crippen molar-refractivity contribution in [1.82, 2.24) is 30.2 Å². The van der Waals surface area contributed by atoms with Crippen molar-refractivity contribution in [3.63, 3.8) is 0 Å². The van der Waals surface area contributed by atoms with Crippen LogP contribution in [0.5, 0.6) is 0 Å². The summed E-state index contributed by atoms with van der Waals surface area (Å²) in [6.07, 6.45) is 2.74. The van der Waals surface area contributed by atoms with E-state index in [4.69, 9.17) is 19.4 Å². The number of hydrogen-bond acceptors (Lipinski definition) is 9. The lowest BCUT2D eigenvalue weighted by molar-refractivity contribution is -0.156.